The lowest BCUT2D eigenvalue weighted by Crippen LogP contribution is -2.48. The van der Waals surface area contributed by atoms with E-state index in [1.807, 2.05) is 18.2 Å². The van der Waals surface area contributed by atoms with Crippen molar-refractivity contribution in [3.63, 3.8) is 0 Å². The molecule has 0 aliphatic heterocycles. The second-order valence-electron chi connectivity index (χ2n) is 6.62. The zero-order valence-corrected chi connectivity index (χ0v) is 15.7. The Bertz CT molecular complexity index is 1160. The maximum Gasteiger partial charge on any atom is 0.227 e. The van der Waals surface area contributed by atoms with Crippen LogP contribution >= 0.6 is 0 Å². The van der Waals surface area contributed by atoms with Gasteiger partial charge in [-0.1, -0.05) is 11.2 Å². The molecule has 10 radical (unpaired) electrons. The van der Waals surface area contributed by atoms with Crippen molar-refractivity contribution in [3.05, 3.63) is 55.2 Å². The summed E-state index contributed by atoms with van der Waals surface area (Å²) < 4.78 is 6.03. The lowest BCUT2D eigenvalue weighted by atomic mass is 9.26. The van der Waals surface area contributed by atoms with Gasteiger partial charge < -0.3 is 9.84 Å². The summed E-state index contributed by atoms with van der Waals surface area (Å²) in [6.07, 6.45) is 6.03. The van der Waals surface area contributed by atoms with Gasteiger partial charge in [0, 0.05) is 18.5 Å². The van der Waals surface area contributed by atoms with Crippen LogP contribution in [0.4, 0.5) is 11.6 Å². The molecular weight excluding hydrogens is 372 g/mol. The third-order valence-corrected chi connectivity index (χ3v) is 4.28. The molecule has 4 rings (SSSR count). The molecule has 0 saturated carbocycles. The van der Waals surface area contributed by atoms with Crippen LogP contribution in [0.2, 0.25) is 5.11 Å². The molecular formula is C17H10B5N7O. The van der Waals surface area contributed by atoms with Gasteiger partial charge in [-0.3, -0.25) is 4.68 Å². The standard InChI is InChI=1S/C17H10B5N7O/c18-16(19,20)17(21,22)29-9-10(8-24-29)25-15-23-6-4-13(27-15)11-2-1-3-12(26-11)14-5-7-30-28-14/h1-9H,(H,23,25,27). The lowest BCUT2D eigenvalue weighted by molar-refractivity contribution is 0.422. The first-order chi connectivity index (χ1) is 14.2. The van der Waals surface area contributed by atoms with E-state index in [0.29, 0.717) is 34.4 Å². The van der Waals surface area contributed by atoms with Gasteiger partial charge in [0.2, 0.25) is 5.95 Å². The minimum atomic E-state index is -1.90. The summed E-state index contributed by atoms with van der Waals surface area (Å²) >= 11 is 0. The normalized spacial score (nSPS) is 12.0. The number of rotatable bonds is 6. The van der Waals surface area contributed by atoms with Crippen molar-refractivity contribution in [1.29, 1.82) is 0 Å². The van der Waals surface area contributed by atoms with Crippen molar-refractivity contribution < 1.29 is 4.52 Å². The summed E-state index contributed by atoms with van der Waals surface area (Å²) in [6.45, 7) is 0. The van der Waals surface area contributed by atoms with Gasteiger partial charge in [-0.15, -0.1) is 5.11 Å². The molecule has 4 aromatic rings. The van der Waals surface area contributed by atoms with Crippen molar-refractivity contribution in [2.24, 2.45) is 0 Å². The van der Waals surface area contributed by atoms with Crippen LogP contribution in [-0.4, -0.2) is 69.1 Å². The summed E-state index contributed by atoms with van der Waals surface area (Å²) in [6, 6.07) is 8.97. The molecule has 4 heterocycles. The van der Waals surface area contributed by atoms with Gasteiger partial charge in [-0.05, 0) is 23.5 Å². The molecule has 134 valence electrons. The molecule has 13 heteroatoms. The van der Waals surface area contributed by atoms with Gasteiger partial charge in [0.15, 0.2) is 0 Å². The third-order valence-electron chi connectivity index (χ3n) is 4.28. The first-order valence-electron chi connectivity index (χ1n) is 8.72. The van der Waals surface area contributed by atoms with E-state index in [4.69, 9.17) is 43.8 Å². The highest BCUT2D eigenvalue weighted by atomic mass is 16.5. The first-order valence-corrected chi connectivity index (χ1v) is 8.72. The zero-order valence-electron chi connectivity index (χ0n) is 15.7. The summed E-state index contributed by atoms with van der Waals surface area (Å²) in [4.78, 5) is 13.2. The molecule has 0 saturated heterocycles. The highest BCUT2D eigenvalue weighted by Gasteiger charge is 2.32. The number of aromatic nitrogens is 6. The van der Waals surface area contributed by atoms with Crippen LogP contribution in [0.3, 0.4) is 0 Å². The smallest absolute Gasteiger partial charge is 0.227 e. The monoisotopic (exact) mass is 383 g/mol. The largest absolute Gasteiger partial charge is 0.364 e. The third kappa shape index (κ3) is 3.92. The van der Waals surface area contributed by atoms with Gasteiger partial charge in [-0.2, -0.15) is 5.10 Å². The van der Waals surface area contributed by atoms with Crippen molar-refractivity contribution in [2.75, 3.05) is 5.32 Å². The molecule has 0 atom stereocenters. The molecule has 0 unspecified atom stereocenters. The highest BCUT2D eigenvalue weighted by Crippen LogP contribution is 2.30. The average Bonchev–Trinajstić information content (AvgIpc) is 3.40. The molecule has 0 spiro atoms. The highest BCUT2D eigenvalue weighted by molar-refractivity contribution is 6.66. The topological polar surface area (TPSA) is 94.6 Å². The zero-order chi connectivity index (χ0) is 21.4. The van der Waals surface area contributed by atoms with Crippen LogP contribution in [0.15, 0.2) is 59.7 Å². The van der Waals surface area contributed by atoms with Crippen LogP contribution in [0, 0.1) is 0 Å². The molecule has 0 aromatic carbocycles. The Morgan fingerprint density at radius 2 is 1.63 bits per heavy atom. The van der Waals surface area contributed by atoms with E-state index in [9.17, 15) is 0 Å². The molecule has 0 fully saturated rings. The Morgan fingerprint density at radius 1 is 0.900 bits per heavy atom. The van der Waals surface area contributed by atoms with E-state index >= 15 is 0 Å². The van der Waals surface area contributed by atoms with Gasteiger partial charge in [0.1, 0.15) is 12.0 Å². The van der Waals surface area contributed by atoms with Crippen molar-refractivity contribution in [2.45, 2.75) is 10.5 Å². The SMILES string of the molecule is [B]C([B])([B])C([B])([B])n1cc(Nc2nccc(-c3cccc(-c4ccon4)n3)n2)cn1. The number of hydrogen-bond acceptors (Lipinski definition) is 7. The van der Waals surface area contributed by atoms with Crippen molar-refractivity contribution in [1.82, 2.24) is 29.9 Å². The Balaban J connectivity index is 1.58. The van der Waals surface area contributed by atoms with E-state index in [1.54, 1.807) is 18.3 Å². The van der Waals surface area contributed by atoms with Crippen LogP contribution in [0.1, 0.15) is 0 Å². The molecule has 8 nitrogen and oxygen atoms in total. The fraction of sp³-hybridized carbons (Fsp3) is 0.118. The predicted octanol–water partition coefficient (Wildman–Crippen LogP) is 0.660. The van der Waals surface area contributed by atoms with Crippen molar-refractivity contribution in [3.8, 4) is 22.8 Å². The Kier molecular flexibility index (Phi) is 5.05. The summed E-state index contributed by atoms with van der Waals surface area (Å²) in [5, 5.41) is 7.24. The first kappa shape index (κ1) is 20.1. The Hall–Kier alpha value is -3.23. The van der Waals surface area contributed by atoms with Gasteiger partial charge in [-0.25, -0.2) is 15.0 Å². The summed E-state index contributed by atoms with van der Waals surface area (Å²) in [5.41, 5.74) is 3.02. The summed E-state index contributed by atoms with van der Waals surface area (Å²) in [5.74, 6) is 0.305. The molecule has 0 bridgehead atoms. The fourth-order valence-corrected chi connectivity index (χ4v) is 2.54. The molecule has 4 aromatic heterocycles. The maximum absolute atomic E-state index is 5.90. The van der Waals surface area contributed by atoms with E-state index < -0.39 is 10.5 Å². The summed E-state index contributed by atoms with van der Waals surface area (Å²) in [7, 11) is 28.7. The number of nitrogens with one attached hydrogen (secondary N) is 1. The number of pyridine rings is 1. The van der Waals surface area contributed by atoms with Crippen molar-refractivity contribution >= 4 is 50.9 Å². The number of nitrogens with zero attached hydrogens (tertiary/aromatic N) is 6. The lowest BCUT2D eigenvalue weighted by Gasteiger charge is -2.42. The minimum absolute atomic E-state index is 0.305. The van der Waals surface area contributed by atoms with E-state index in [0.717, 1.165) is 4.68 Å². The van der Waals surface area contributed by atoms with E-state index in [2.05, 4.69) is 30.5 Å². The quantitative estimate of drug-likeness (QED) is 0.490. The van der Waals surface area contributed by atoms with Gasteiger partial charge >= 0.3 is 0 Å². The van der Waals surface area contributed by atoms with Crippen LogP contribution in [-0.2, 0) is 5.34 Å². The molecule has 1 N–H and O–H groups in total. The second kappa shape index (κ2) is 7.55. The molecule has 30 heavy (non-hydrogen) atoms. The van der Waals surface area contributed by atoms with E-state index in [1.165, 1.54) is 18.7 Å². The molecule has 0 aliphatic carbocycles. The van der Waals surface area contributed by atoms with Crippen LogP contribution < -0.4 is 5.32 Å². The van der Waals surface area contributed by atoms with Crippen LogP contribution in [0.25, 0.3) is 22.8 Å². The average molecular weight is 382 g/mol. The van der Waals surface area contributed by atoms with Crippen LogP contribution in [0.5, 0.6) is 0 Å². The number of anilines is 2. The predicted molar refractivity (Wildman–Crippen MR) is 116 cm³/mol. The molecule has 0 aliphatic rings. The maximum atomic E-state index is 5.90. The van der Waals surface area contributed by atoms with Gasteiger partial charge in [0.05, 0.1) is 68.2 Å². The van der Waals surface area contributed by atoms with E-state index in [-0.39, 0.29) is 0 Å². The Morgan fingerprint density at radius 3 is 2.33 bits per heavy atom. The minimum Gasteiger partial charge on any atom is -0.364 e. The second-order valence-corrected chi connectivity index (χ2v) is 6.62. The Labute approximate surface area is 179 Å². The number of hydrogen-bond donors (Lipinski definition) is 1. The molecule has 0 amide bonds. The van der Waals surface area contributed by atoms with Gasteiger partial charge in [0.25, 0.3) is 0 Å². The fourth-order valence-electron chi connectivity index (χ4n) is 2.54.